The molecule has 6 nitrogen and oxygen atoms in total. The number of carbonyl (C=O) groups is 2. The van der Waals surface area contributed by atoms with Crippen molar-refractivity contribution in [2.45, 2.75) is 13.8 Å². The predicted molar refractivity (Wildman–Crippen MR) is 106 cm³/mol. The molecule has 1 amide bonds. The maximum absolute atomic E-state index is 12.3. The number of aromatic nitrogens is 2. The second-order valence-corrected chi connectivity index (χ2v) is 6.39. The van der Waals surface area contributed by atoms with Crippen LogP contribution in [0.25, 0.3) is 0 Å². The van der Waals surface area contributed by atoms with Gasteiger partial charge in [-0.15, -0.1) is 10.2 Å². The number of carbonyl (C=O) groups excluding carboxylic acids is 2. The summed E-state index contributed by atoms with van der Waals surface area (Å²) in [6.07, 6.45) is 0. The van der Waals surface area contributed by atoms with E-state index in [9.17, 15) is 9.59 Å². The summed E-state index contributed by atoms with van der Waals surface area (Å²) in [4.78, 5) is 23.7. The molecule has 7 heteroatoms. The maximum Gasteiger partial charge on any atom is 0.276 e. The van der Waals surface area contributed by atoms with Gasteiger partial charge in [-0.25, -0.2) is 0 Å². The third-order valence-electron chi connectivity index (χ3n) is 3.87. The highest BCUT2D eigenvalue weighted by molar-refractivity contribution is 6.31. The molecule has 0 unspecified atom stereocenters. The number of nitrogens with one attached hydrogen (secondary N) is 2. The maximum atomic E-state index is 12.3. The summed E-state index contributed by atoms with van der Waals surface area (Å²) in [7, 11) is 0. The molecular weight excluding hydrogens is 364 g/mol. The zero-order valence-corrected chi connectivity index (χ0v) is 15.5. The standard InChI is InChI=1S/C20H17ClN4O2/c1-12-6-7-16(11-17(12)21)23-20(27)18-8-9-19(25-24-18)22-15-5-3-4-14(10-15)13(2)26/h3-11H,1-2H3,(H,22,25)(H,23,27). The molecule has 0 spiro atoms. The molecular formula is C20H17ClN4O2. The van der Waals surface area contributed by atoms with Gasteiger partial charge in [-0.1, -0.05) is 29.8 Å². The van der Waals surface area contributed by atoms with Crippen molar-refractivity contribution in [1.82, 2.24) is 10.2 Å². The van der Waals surface area contributed by atoms with Crippen LogP contribution in [0.2, 0.25) is 5.02 Å². The second kappa shape index (κ2) is 7.97. The smallest absolute Gasteiger partial charge is 0.276 e. The highest BCUT2D eigenvalue weighted by Gasteiger charge is 2.10. The lowest BCUT2D eigenvalue weighted by molar-refractivity contribution is 0.101. The van der Waals surface area contributed by atoms with Crippen LogP contribution in [-0.4, -0.2) is 21.9 Å². The van der Waals surface area contributed by atoms with Crippen LogP contribution >= 0.6 is 11.6 Å². The average Bonchev–Trinajstić information content (AvgIpc) is 2.65. The number of ketones is 1. The molecule has 27 heavy (non-hydrogen) atoms. The molecule has 0 bridgehead atoms. The first-order chi connectivity index (χ1) is 12.9. The molecule has 0 aliphatic carbocycles. The number of hydrogen-bond donors (Lipinski definition) is 2. The van der Waals surface area contributed by atoms with Gasteiger partial charge in [0.25, 0.3) is 5.91 Å². The van der Waals surface area contributed by atoms with Gasteiger partial charge in [0.05, 0.1) is 0 Å². The monoisotopic (exact) mass is 380 g/mol. The third kappa shape index (κ3) is 4.68. The summed E-state index contributed by atoms with van der Waals surface area (Å²) in [6, 6.07) is 15.5. The molecule has 0 saturated heterocycles. The van der Waals surface area contributed by atoms with E-state index in [1.807, 2.05) is 19.1 Å². The van der Waals surface area contributed by atoms with Crippen LogP contribution < -0.4 is 10.6 Å². The van der Waals surface area contributed by atoms with Crippen molar-refractivity contribution in [3.63, 3.8) is 0 Å². The number of anilines is 3. The lowest BCUT2D eigenvalue weighted by Crippen LogP contribution is -2.14. The molecule has 2 aromatic carbocycles. The number of Topliss-reactive ketones (excluding diaryl/α,β-unsaturated/α-hetero) is 1. The summed E-state index contributed by atoms with van der Waals surface area (Å²) in [5.74, 6) is 0.0612. The quantitative estimate of drug-likeness (QED) is 0.630. The molecule has 1 heterocycles. The Balaban J connectivity index is 1.69. The van der Waals surface area contributed by atoms with Crippen LogP contribution in [-0.2, 0) is 0 Å². The first-order valence-electron chi connectivity index (χ1n) is 8.21. The molecule has 3 rings (SSSR count). The van der Waals surface area contributed by atoms with E-state index in [4.69, 9.17) is 11.6 Å². The van der Waals surface area contributed by atoms with E-state index < -0.39 is 0 Å². The third-order valence-corrected chi connectivity index (χ3v) is 4.28. The number of nitrogens with zero attached hydrogens (tertiary/aromatic N) is 2. The van der Waals surface area contributed by atoms with Crippen molar-refractivity contribution in [3.05, 3.63) is 76.4 Å². The summed E-state index contributed by atoms with van der Waals surface area (Å²) in [5.41, 5.74) is 3.00. The summed E-state index contributed by atoms with van der Waals surface area (Å²) in [6.45, 7) is 3.39. The van der Waals surface area contributed by atoms with Crippen molar-refractivity contribution in [2.24, 2.45) is 0 Å². The minimum Gasteiger partial charge on any atom is -0.339 e. The van der Waals surface area contributed by atoms with E-state index in [1.165, 1.54) is 6.92 Å². The summed E-state index contributed by atoms with van der Waals surface area (Å²) in [5, 5.41) is 14.3. The number of amides is 1. The van der Waals surface area contributed by atoms with Crippen LogP contribution in [0.15, 0.2) is 54.6 Å². The molecule has 136 valence electrons. The molecule has 0 aliphatic rings. The molecule has 1 aromatic heterocycles. The number of rotatable bonds is 5. The average molecular weight is 381 g/mol. The normalized spacial score (nSPS) is 10.3. The SMILES string of the molecule is CC(=O)c1cccc(Nc2ccc(C(=O)Nc3ccc(C)c(Cl)c3)nn2)c1. The summed E-state index contributed by atoms with van der Waals surface area (Å²) >= 11 is 6.06. The van der Waals surface area contributed by atoms with Crippen molar-refractivity contribution in [1.29, 1.82) is 0 Å². The number of aryl methyl sites for hydroxylation is 1. The fraction of sp³-hybridized carbons (Fsp3) is 0.100. The van der Waals surface area contributed by atoms with Gasteiger partial charge in [0.2, 0.25) is 0 Å². The number of halogens is 1. The predicted octanol–water partition coefficient (Wildman–Crippen LogP) is 4.64. The highest BCUT2D eigenvalue weighted by Crippen LogP contribution is 2.20. The van der Waals surface area contributed by atoms with Crippen LogP contribution in [0.5, 0.6) is 0 Å². The Morgan fingerprint density at radius 2 is 1.78 bits per heavy atom. The second-order valence-electron chi connectivity index (χ2n) is 5.98. The van der Waals surface area contributed by atoms with Gasteiger partial charge in [0.15, 0.2) is 17.3 Å². The Morgan fingerprint density at radius 1 is 0.963 bits per heavy atom. The van der Waals surface area contributed by atoms with Crippen molar-refractivity contribution < 1.29 is 9.59 Å². The molecule has 0 saturated carbocycles. The molecule has 2 N–H and O–H groups in total. The summed E-state index contributed by atoms with van der Waals surface area (Å²) < 4.78 is 0. The Hall–Kier alpha value is -3.25. The van der Waals surface area contributed by atoms with Crippen molar-refractivity contribution in [3.8, 4) is 0 Å². The van der Waals surface area contributed by atoms with Crippen LogP contribution in [0.3, 0.4) is 0 Å². The zero-order valence-electron chi connectivity index (χ0n) is 14.8. The lowest BCUT2D eigenvalue weighted by Gasteiger charge is -2.08. The Morgan fingerprint density at radius 3 is 2.44 bits per heavy atom. The first kappa shape index (κ1) is 18.5. The Bertz CT molecular complexity index is 1000. The van der Waals surface area contributed by atoms with E-state index in [0.29, 0.717) is 27.8 Å². The van der Waals surface area contributed by atoms with Crippen LogP contribution in [0, 0.1) is 6.92 Å². The molecule has 3 aromatic rings. The van der Waals surface area contributed by atoms with E-state index in [1.54, 1.807) is 42.5 Å². The Labute approximate surface area is 161 Å². The topological polar surface area (TPSA) is 84.0 Å². The van der Waals surface area contributed by atoms with Gasteiger partial charge >= 0.3 is 0 Å². The molecule has 0 fully saturated rings. The fourth-order valence-electron chi connectivity index (χ4n) is 2.35. The number of hydrogen-bond acceptors (Lipinski definition) is 5. The zero-order chi connectivity index (χ0) is 19.4. The minimum atomic E-state index is -0.382. The van der Waals surface area contributed by atoms with Crippen molar-refractivity contribution >= 4 is 40.5 Å². The van der Waals surface area contributed by atoms with Gasteiger partial charge in [0, 0.05) is 22.0 Å². The van der Waals surface area contributed by atoms with Gasteiger partial charge in [-0.05, 0) is 55.8 Å². The van der Waals surface area contributed by atoms with Gasteiger partial charge in [-0.2, -0.15) is 0 Å². The van der Waals surface area contributed by atoms with Gasteiger partial charge in [0.1, 0.15) is 0 Å². The van der Waals surface area contributed by atoms with E-state index in [-0.39, 0.29) is 17.4 Å². The van der Waals surface area contributed by atoms with Gasteiger partial charge < -0.3 is 10.6 Å². The minimum absolute atomic E-state index is 0.0204. The largest absolute Gasteiger partial charge is 0.339 e. The van der Waals surface area contributed by atoms with E-state index in [0.717, 1.165) is 5.56 Å². The molecule has 0 atom stereocenters. The van der Waals surface area contributed by atoms with E-state index >= 15 is 0 Å². The van der Waals surface area contributed by atoms with Crippen molar-refractivity contribution in [2.75, 3.05) is 10.6 Å². The molecule has 0 aliphatic heterocycles. The van der Waals surface area contributed by atoms with Gasteiger partial charge in [-0.3, -0.25) is 9.59 Å². The fourth-order valence-corrected chi connectivity index (χ4v) is 2.53. The van der Waals surface area contributed by atoms with Crippen LogP contribution in [0.1, 0.15) is 33.3 Å². The van der Waals surface area contributed by atoms with Crippen LogP contribution in [0.4, 0.5) is 17.2 Å². The lowest BCUT2D eigenvalue weighted by atomic mass is 10.1. The Kier molecular flexibility index (Phi) is 5.47. The highest BCUT2D eigenvalue weighted by atomic mass is 35.5. The molecule has 0 radical (unpaired) electrons. The number of benzene rings is 2. The van der Waals surface area contributed by atoms with E-state index in [2.05, 4.69) is 20.8 Å². The first-order valence-corrected chi connectivity index (χ1v) is 8.59.